The summed E-state index contributed by atoms with van der Waals surface area (Å²) in [5.74, 6) is -0.0638. The van der Waals surface area contributed by atoms with Gasteiger partial charge in [-0.1, -0.05) is 24.3 Å². The van der Waals surface area contributed by atoms with Gasteiger partial charge in [0, 0.05) is 5.38 Å². The van der Waals surface area contributed by atoms with E-state index in [2.05, 4.69) is 28.5 Å². The van der Waals surface area contributed by atoms with Crippen molar-refractivity contribution in [2.75, 3.05) is 0 Å². The van der Waals surface area contributed by atoms with Gasteiger partial charge in [0.05, 0.1) is 11.0 Å². The van der Waals surface area contributed by atoms with Crippen LogP contribution in [0.1, 0.15) is 45.5 Å². The molecule has 19 heavy (non-hydrogen) atoms. The van der Waals surface area contributed by atoms with E-state index in [1.165, 1.54) is 22.5 Å². The van der Waals surface area contributed by atoms with Crippen molar-refractivity contribution in [2.24, 2.45) is 0 Å². The van der Waals surface area contributed by atoms with E-state index < -0.39 is 0 Å². The topological polar surface area (TPSA) is 42.0 Å². The molecule has 4 heteroatoms. The lowest BCUT2D eigenvalue weighted by molar-refractivity contribution is 0.0928. The molecule has 1 aliphatic carbocycles. The van der Waals surface area contributed by atoms with Crippen LogP contribution < -0.4 is 5.32 Å². The number of amides is 1. The maximum Gasteiger partial charge on any atom is 0.271 e. The Morgan fingerprint density at radius 2 is 2.26 bits per heavy atom. The SMILES string of the molecule is Cc1nc(C(=O)N[C@@H]2CCCc3ccccc32)cs1. The summed E-state index contributed by atoms with van der Waals surface area (Å²) in [7, 11) is 0. The number of nitrogens with one attached hydrogen (secondary N) is 1. The molecular formula is C15H16N2OS. The second-order valence-electron chi connectivity index (χ2n) is 4.87. The summed E-state index contributed by atoms with van der Waals surface area (Å²) in [5, 5.41) is 5.85. The lowest BCUT2D eigenvalue weighted by Gasteiger charge is -2.26. The molecule has 98 valence electrons. The van der Waals surface area contributed by atoms with Crippen molar-refractivity contribution in [3.8, 4) is 0 Å². The van der Waals surface area contributed by atoms with E-state index in [-0.39, 0.29) is 11.9 Å². The fourth-order valence-electron chi connectivity index (χ4n) is 2.60. The van der Waals surface area contributed by atoms with Crippen LogP contribution in [0.2, 0.25) is 0 Å². The van der Waals surface area contributed by atoms with E-state index in [0.717, 1.165) is 24.3 Å². The maximum absolute atomic E-state index is 12.2. The minimum Gasteiger partial charge on any atom is -0.344 e. The standard InChI is InChI=1S/C15H16N2OS/c1-10-16-14(9-19-10)15(18)17-13-8-4-6-11-5-2-3-7-12(11)13/h2-3,5,7,9,13H,4,6,8H2,1H3,(H,17,18)/t13-/m1/s1. The second kappa shape index (κ2) is 5.13. The molecular weight excluding hydrogens is 256 g/mol. The van der Waals surface area contributed by atoms with Crippen LogP contribution in [0.5, 0.6) is 0 Å². The lowest BCUT2D eigenvalue weighted by Crippen LogP contribution is -2.31. The van der Waals surface area contributed by atoms with Crippen LogP contribution in [0.25, 0.3) is 0 Å². The Hall–Kier alpha value is -1.68. The van der Waals surface area contributed by atoms with Crippen LogP contribution in [0.15, 0.2) is 29.6 Å². The van der Waals surface area contributed by atoms with Crippen LogP contribution in [0.3, 0.4) is 0 Å². The summed E-state index contributed by atoms with van der Waals surface area (Å²) in [4.78, 5) is 16.4. The van der Waals surface area contributed by atoms with Crippen LogP contribution in [-0.2, 0) is 6.42 Å². The average molecular weight is 272 g/mol. The third kappa shape index (κ3) is 2.54. The number of rotatable bonds is 2. The molecule has 1 aromatic carbocycles. The molecule has 0 saturated carbocycles. The average Bonchev–Trinajstić information content (AvgIpc) is 2.86. The molecule has 0 bridgehead atoms. The molecule has 1 atom stereocenters. The first-order valence-electron chi connectivity index (χ1n) is 6.55. The Kier molecular flexibility index (Phi) is 3.34. The van der Waals surface area contributed by atoms with Crippen LogP contribution in [0.4, 0.5) is 0 Å². The predicted molar refractivity (Wildman–Crippen MR) is 76.4 cm³/mol. The maximum atomic E-state index is 12.2. The van der Waals surface area contributed by atoms with Gasteiger partial charge in [0.2, 0.25) is 0 Å². The van der Waals surface area contributed by atoms with Gasteiger partial charge in [-0.15, -0.1) is 11.3 Å². The molecule has 3 rings (SSSR count). The fraction of sp³-hybridized carbons (Fsp3) is 0.333. The van der Waals surface area contributed by atoms with Gasteiger partial charge in [-0.2, -0.15) is 0 Å². The molecule has 3 nitrogen and oxygen atoms in total. The monoisotopic (exact) mass is 272 g/mol. The zero-order valence-corrected chi connectivity index (χ0v) is 11.7. The molecule has 0 unspecified atom stereocenters. The highest BCUT2D eigenvalue weighted by molar-refractivity contribution is 7.09. The molecule has 2 aromatic rings. The van der Waals surface area contributed by atoms with Gasteiger partial charge in [0.15, 0.2) is 0 Å². The van der Waals surface area contributed by atoms with E-state index in [4.69, 9.17) is 0 Å². The molecule has 0 fully saturated rings. The van der Waals surface area contributed by atoms with Crippen LogP contribution in [-0.4, -0.2) is 10.9 Å². The van der Waals surface area contributed by atoms with E-state index in [9.17, 15) is 4.79 Å². The fourth-order valence-corrected chi connectivity index (χ4v) is 3.20. The van der Waals surface area contributed by atoms with Gasteiger partial charge in [-0.3, -0.25) is 4.79 Å². The number of aryl methyl sites for hydroxylation is 2. The van der Waals surface area contributed by atoms with Gasteiger partial charge >= 0.3 is 0 Å². The Morgan fingerprint density at radius 3 is 3.05 bits per heavy atom. The van der Waals surface area contributed by atoms with Crippen molar-refractivity contribution in [2.45, 2.75) is 32.2 Å². The van der Waals surface area contributed by atoms with Crippen LogP contribution >= 0.6 is 11.3 Å². The Balaban J connectivity index is 1.79. The van der Waals surface area contributed by atoms with Gasteiger partial charge < -0.3 is 5.32 Å². The van der Waals surface area contributed by atoms with E-state index in [0.29, 0.717) is 5.69 Å². The lowest BCUT2D eigenvalue weighted by atomic mass is 9.88. The van der Waals surface area contributed by atoms with E-state index in [1.807, 2.05) is 18.4 Å². The number of carbonyl (C=O) groups excluding carboxylic acids is 1. The van der Waals surface area contributed by atoms with Crippen molar-refractivity contribution in [3.05, 3.63) is 51.5 Å². The van der Waals surface area contributed by atoms with Crippen molar-refractivity contribution in [1.82, 2.24) is 10.3 Å². The van der Waals surface area contributed by atoms with E-state index >= 15 is 0 Å². The zero-order chi connectivity index (χ0) is 13.2. The Bertz CT molecular complexity index is 606. The summed E-state index contributed by atoms with van der Waals surface area (Å²) in [6.45, 7) is 1.91. The third-order valence-corrected chi connectivity index (χ3v) is 4.30. The molecule has 1 aromatic heterocycles. The normalized spacial score (nSPS) is 17.8. The second-order valence-corrected chi connectivity index (χ2v) is 5.93. The van der Waals surface area contributed by atoms with Gasteiger partial charge in [-0.05, 0) is 37.3 Å². The molecule has 1 aliphatic rings. The molecule has 0 aliphatic heterocycles. The number of nitrogens with zero attached hydrogens (tertiary/aromatic N) is 1. The Labute approximate surface area is 116 Å². The molecule has 0 radical (unpaired) electrons. The number of aromatic nitrogens is 1. The number of fused-ring (bicyclic) bond motifs is 1. The first-order valence-corrected chi connectivity index (χ1v) is 7.43. The van der Waals surface area contributed by atoms with E-state index in [1.54, 1.807) is 0 Å². The summed E-state index contributed by atoms with van der Waals surface area (Å²) in [5.41, 5.74) is 3.15. The third-order valence-electron chi connectivity index (χ3n) is 3.53. The quantitative estimate of drug-likeness (QED) is 0.911. The highest BCUT2D eigenvalue weighted by Crippen LogP contribution is 2.29. The molecule has 1 amide bonds. The first kappa shape index (κ1) is 12.4. The highest BCUT2D eigenvalue weighted by Gasteiger charge is 2.22. The summed E-state index contributed by atoms with van der Waals surface area (Å²) in [6.07, 6.45) is 3.24. The van der Waals surface area contributed by atoms with Crippen molar-refractivity contribution < 1.29 is 4.79 Å². The van der Waals surface area contributed by atoms with Gasteiger partial charge in [0.25, 0.3) is 5.91 Å². The van der Waals surface area contributed by atoms with Crippen LogP contribution in [0, 0.1) is 6.92 Å². The van der Waals surface area contributed by atoms with Gasteiger partial charge in [-0.25, -0.2) is 4.98 Å². The smallest absolute Gasteiger partial charge is 0.271 e. The predicted octanol–water partition coefficient (Wildman–Crippen LogP) is 3.26. The summed E-state index contributed by atoms with van der Waals surface area (Å²) >= 11 is 1.51. The number of benzene rings is 1. The first-order chi connectivity index (χ1) is 9.24. The van der Waals surface area contributed by atoms with Crippen molar-refractivity contribution in [3.63, 3.8) is 0 Å². The van der Waals surface area contributed by atoms with Gasteiger partial charge in [0.1, 0.15) is 5.69 Å². The molecule has 1 N–H and O–H groups in total. The van der Waals surface area contributed by atoms with Crippen molar-refractivity contribution >= 4 is 17.2 Å². The number of hydrogen-bond donors (Lipinski definition) is 1. The summed E-state index contributed by atoms with van der Waals surface area (Å²) in [6, 6.07) is 8.50. The number of carbonyl (C=O) groups is 1. The molecule has 0 saturated heterocycles. The molecule has 0 spiro atoms. The Morgan fingerprint density at radius 1 is 1.42 bits per heavy atom. The largest absolute Gasteiger partial charge is 0.344 e. The minimum absolute atomic E-state index is 0.0638. The minimum atomic E-state index is -0.0638. The zero-order valence-electron chi connectivity index (χ0n) is 10.8. The molecule has 1 heterocycles. The number of thiazole rings is 1. The van der Waals surface area contributed by atoms with Crippen molar-refractivity contribution in [1.29, 1.82) is 0 Å². The summed E-state index contributed by atoms with van der Waals surface area (Å²) < 4.78 is 0. The number of hydrogen-bond acceptors (Lipinski definition) is 3. The highest BCUT2D eigenvalue weighted by atomic mass is 32.1.